The number of aryl methyl sites for hydroxylation is 1. The van der Waals surface area contributed by atoms with E-state index in [0.717, 1.165) is 24.3 Å². The largest absolute Gasteiger partial charge is 0.277 e. The van der Waals surface area contributed by atoms with Crippen LogP contribution in [0.3, 0.4) is 0 Å². The summed E-state index contributed by atoms with van der Waals surface area (Å²) in [5.74, 6) is -0.377. The van der Waals surface area contributed by atoms with Crippen LogP contribution in [0.15, 0.2) is 23.1 Å². The second kappa shape index (κ2) is 6.76. The van der Waals surface area contributed by atoms with Crippen LogP contribution in [-0.4, -0.2) is 50.9 Å². The van der Waals surface area contributed by atoms with Gasteiger partial charge in [-0.05, 0) is 37.5 Å². The normalized spacial score (nSPS) is 16.5. The SMILES string of the molecule is CON(C)C(=O)c1ccc(C)c(S(=O)(=O)N2CCCCC2)c1. The van der Waals surface area contributed by atoms with Crippen molar-refractivity contribution < 1.29 is 18.0 Å². The molecule has 0 aliphatic carbocycles. The summed E-state index contributed by atoms with van der Waals surface area (Å²) in [6, 6.07) is 4.72. The molecule has 1 amide bonds. The van der Waals surface area contributed by atoms with E-state index in [4.69, 9.17) is 4.84 Å². The Morgan fingerprint density at radius 3 is 2.45 bits per heavy atom. The maximum atomic E-state index is 12.8. The van der Waals surface area contributed by atoms with Gasteiger partial charge in [0, 0.05) is 25.7 Å². The molecule has 22 heavy (non-hydrogen) atoms. The highest BCUT2D eigenvalue weighted by molar-refractivity contribution is 7.89. The van der Waals surface area contributed by atoms with Crippen LogP contribution in [0.1, 0.15) is 35.2 Å². The minimum absolute atomic E-state index is 0.199. The molecule has 1 heterocycles. The Kier molecular flexibility index (Phi) is 5.20. The number of piperidine rings is 1. The highest BCUT2D eigenvalue weighted by atomic mass is 32.2. The van der Waals surface area contributed by atoms with Crippen molar-refractivity contribution in [2.45, 2.75) is 31.1 Å². The van der Waals surface area contributed by atoms with E-state index in [1.54, 1.807) is 19.1 Å². The zero-order chi connectivity index (χ0) is 16.3. The Balaban J connectivity index is 2.39. The van der Waals surface area contributed by atoms with Gasteiger partial charge in [-0.25, -0.2) is 13.5 Å². The summed E-state index contributed by atoms with van der Waals surface area (Å²) in [6.07, 6.45) is 2.81. The van der Waals surface area contributed by atoms with Crippen LogP contribution in [0.5, 0.6) is 0 Å². The Bertz CT molecular complexity index is 652. The predicted molar refractivity (Wildman–Crippen MR) is 82.9 cm³/mol. The number of sulfonamides is 1. The zero-order valence-corrected chi connectivity index (χ0v) is 14.0. The van der Waals surface area contributed by atoms with Crippen LogP contribution >= 0.6 is 0 Å². The number of carbonyl (C=O) groups excluding carboxylic acids is 1. The first-order chi connectivity index (χ1) is 10.4. The van der Waals surface area contributed by atoms with Crippen LogP contribution in [-0.2, 0) is 14.9 Å². The summed E-state index contributed by atoms with van der Waals surface area (Å²) < 4.78 is 27.1. The van der Waals surface area contributed by atoms with Gasteiger partial charge in [-0.15, -0.1) is 0 Å². The minimum atomic E-state index is -3.56. The van der Waals surface area contributed by atoms with E-state index in [9.17, 15) is 13.2 Å². The zero-order valence-electron chi connectivity index (χ0n) is 13.2. The third-order valence-corrected chi connectivity index (χ3v) is 5.97. The monoisotopic (exact) mass is 326 g/mol. The lowest BCUT2D eigenvalue weighted by Crippen LogP contribution is -2.36. The van der Waals surface area contributed by atoms with Crippen LogP contribution in [0, 0.1) is 6.92 Å². The topological polar surface area (TPSA) is 66.9 Å². The number of hydrogen-bond donors (Lipinski definition) is 0. The molecule has 1 aliphatic rings. The van der Waals surface area contributed by atoms with Crippen molar-refractivity contribution in [1.82, 2.24) is 9.37 Å². The highest BCUT2D eigenvalue weighted by Gasteiger charge is 2.28. The maximum absolute atomic E-state index is 12.8. The van der Waals surface area contributed by atoms with Gasteiger partial charge < -0.3 is 0 Å². The fourth-order valence-corrected chi connectivity index (χ4v) is 4.29. The summed E-state index contributed by atoms with van der Waals surface area (Å²) in [5, 5.41) is 1.07. The van der Waals surface area contributed by atoms with Crippen molar-refractivity contribution in [1.29, 1.82) is 0 Å². The number of rotatable bonds is 4. The molecule has 1 aromatic rings. The van der Waals surface area contributed by atoms with E-state index in [-0.39, 0.29) is 10.8 Å². The average molecular weight is 326 g/mol. The first-order valence-electron chi connectivity index (χ1n) is 7.31. The molecule has 1 fully saturated rings. The van der Waals surface area contributed by atoms with E-state index in [1.807, 2.05) is 0 Å². The summed E-state index contributed by atoms with van der Waals surface area (Å²) in [6.45, 7) is 2.82. The lowest BCUT2D eigenvalue weighted by molar-refractivity contribution is -0.0757. The Hall–Kier alpha value is -1.44. The van der Waals surface area contributed by atoms with Crippen LogP contribution in [0.25, 0.3) is 0 Å². The molecule has 122 valence electrons. The molecule has 0 radical (unpaired) electrons. The molecule has 1 aromatic carbocycles. The molecular formula is C15H22N2O4S. The second-order valence-corrected chi connectivity index (χ2v) is 7.34. The highest BCUT2D eigenvalue weighted by Crippen LogP contribution is 2.24. The Morgan fingerprint density at radius 2 is 1.86 bits per heavy atom. The van der Waals surface area contributed by atoms with E-state index in [0.29, 0.717) is 24.2 Å². The van der Waals surface area contributed by atoms with Crippen molar-refractivity contribution in [2.24, 2.45) is 0 Å². The molecule has 0 aromatic heterocycles. The summed E-state index contributed by atoms with van der Waals surface area (Å²) in [7, 11) is -0.686. The molecule has 0 N–H and O–H groups in total. The van der Waals surface area contributed by atoms with Crippen LogP contribution in [0.2, 0.25) is 0 Å². The van der Waals surface area contributed by atoms with Gasteiger partial charge in [0.1, 0.15) is 0 Å². The first kappa shape index (κ1) is 16.9. The molecule has 1 aliphatic heterocycles. The molecule has 0 saturated carbocycles. The van der Waals surface area contributed by atoms with Crippen molar-refractivity contribution in [3.05, 3.63) is 29.3 Å². The lowest BCUT2D eigenvalue weighted by Gasteiger charge is -2.26. The van der Waals surface area contributed by atoms with Gasteiger partial charge in [0.05, 0.1) is 12.0 Å². The van der Waals surface area contributed by atoms with E-state index in [1.165, 1.54) is 24.5 Å². The number of benzene rings is 1. The Labute approximate surface area is 131 Å². The van der Waals surface area contributed by atoms with Crippen molar-refractivity contribution in [3.8, 4) is 0 Å². The second-order valence-electron chi connectivity index (χ2n) is 5.43. The molecule has 0 spiro atoms. The molecule has 0 unspecified atom stereocenters. The van der Waals surface area contributed by atoms with Gasteiger partial charge >= 0.3 is 0 Å². The molecule has 2 rings (SSSR count). The van der Waals surface area contributed by atoms with Gasteiger partial charge in [0.2, 0.25) is 10.0 Å². The van der Waals surface area contributed by atoms with Crippen molar-refractivity contribution in [3.63, 3.8) is 0 Å². The number of nitrogens with zero attached hydrogens (tertiary/aromatic N) is 2. The molecule has 1 saturated heterocycles. The molecule has 0 bridgehead atoms. The molecule has 7 heteroatoms. The number of amides is 1. The molecule has 0 atom stereocenters. The average Bonchev–Trinajstić information content (AvgIpc) is 2.54. The fraction of sp³-hybridized carbons (Fsp3) is 0.533. The first-order valence-corrected chi connectivity index (χ1v) is 8.75. The summed E-state index contributed by atoms with van der Waals surface area (Å²) >= 11 is 0. The quantitative estimate of drug-likeness (QED) is 0.791. The van der Waals surface area contributed by atoms with E-state index in [2.05, 4.69) is 0 Å². The number of carbonyl (C=O) groups is 1. The van der Waals surface area contributed by atoms with Gasteiger partial charge in [0.25, 0.3) is 5.91 Å². The van der Waals surface area contributed by atoms with Gasteiger partial charge in [-0.3, -0.25) is 9.63 Å². The summed E-state index contributed by atoms with van der Waals surface area (Å²) in [4.78, 5) is 17.2. The maximum Gasteiger partial charge on any atom is 0.277 e. The standard InChI is InChI=1S/C15H22N2O4S/c1-12-7-8-13(15(18)16(2)21-3)11-14(12)22(19,20)17-9-5-4-6-10-17/h7-8,11H,4-6,9-10H2,1-3H3. The van der Waals surface area contributed by atoms with Gasteiger partial charge in [-0.2, -0.15) is 4.31 Å². The third kappa shape index (κ3) is 3.31. The summed E-state index contributed by atoms with van der Waals surface area (Å²) in [5.41, 5.74) is 0.938. The molecular weight excluding hydrogens is 304 g/mol. The lowest BCUT2D eigenvalue weighted by atomic mass is 10.1. The third-order valence-electron chi connectivity index (χ3n) is 3.93. The predicted octanol–water partition coefficient (Wildman–Crippen LogP) is 1.80. The fourth-order valence-electron chi connectivity index (χ4n) is 2.52. The smallest absolute Gasteiger partial charge is 0.274 e. The van der Waals surface area contributed by atoms with Crippen LogP contribution < -0.4 is 0 Å². The van der Waals surface area contributed by atoms with Gasteiger partial charge in [0.15, 0.2) is 0 Å². The Morgan fingerprint density at radius 1 is 1.23 bits per heavy atom. The minimum Gasteiger partial charge on any atom is -0.274 e. The number of hydroxylamine groups is 2. The van der Waals surface area contributed by atoms with Gasteiger partial charge in [-0.1, -0.05) is 12.5 Å². The van der Waals surface area contributed by atoms with E-state index < -0.39 is 10.0 Å². The number of hydrogen-bond acceptors (Lipinski definition) is 4. The van der Waals surface area contributed by atoms with Crippen LogP contribution in [0.4, 0.5) is 0 Å². The van der Waals surface area contributed by atoms with Crippen molar-refractivity contribution in [2.75, 3.05) is 27.2 Å². The van der Waals surface area contributed by atoms with E-state index >= 15 is 0 Å². The van der Waals surface area contributed by atoms with Crippen molar-refractivity contribution >= 4 is 15.9 Å². The molecule has 6 nitrogen and oxygen atoms in total.